The Morgan fingerprint density at radius 1 is 1.03 bits per heavy atom. The third kappa shape index (κ3) is 5.53. The molecule has 2 heterocycles. The highest BCUT2D eigenvalue weighted by Crippen LogP contribution is 2.37. The van der Waals surface area contributed by atoms with E-state index in [9.17, 15) is 18.0 Å². The lowest BCUT2D eigenvalue weighted by molar-refractivity contribution is -0.148. The Balaban J connectivity index is 1.48. The van der Waals surface area contributed by atoms with Crippen LogP contribution in [0.3, 0.4) is 0 Å². The number of anilines is 1. The number of esters is 1. The first-order valence-corrected chi connectivity index (χ1v) is 14.4. The quantitative estimate of drug-likeness (QED) is 0.407. The summed E-state index contributed by atoms with van der Waals surface area (Å²) >= 11 is 1.15. The highest BCUT2D eigenvalue weighted by atomic mass is 32.2. The number of amides is 1. The number of carbonyl (C=O) groups excluding carboxylic acids is 2. The smallest absolute Gasteiger partial charge is 0.308 e. The Kier molecular flexibility index (Phi) is 8.23. The molecular formula is C27H30N2O5S2. The number of para-hydroxylation sites is 1. The fourth-order valence-corrected chi connectivity index (χ4v) is 7.32. The zero-order valence-corrected chi connectivity index (χ0v) is 22.0. The minimum absolute atomic E-state index is 0.180. The molecule has 1 atom stereocenters. The number of carbonyl (C=O) groups is 2. The lowest BCUT2D eigenvalue weighted by atomic mass is 9.92. The molecule has 0 radical (unpaired) electrons. The lowest BCUT2D eigenvalue weighted by Gasteiger charge is -2.35. The molecule has 0 saturated heterocycles. The largest absolute Gasteiger partial charge is 0.456 e. The molecule has 0 aliphatic carbocycles. The molecule has 1 N–H and O–H groups in total. The first-order chi connectivity index (χ1) is 17.3. The van der Waals surface area contributed by atoms with Crippen LogP contribution in [0.1, 0.15) is 48.6 Å². The maximum atomic E-state index is 13.4. The van der Waals surface area contributed by atoms with Crippen LogP contribution in [-0.4, -0.2) is 37.8 Å². The molecule has 1 aromatic heterocycles. The van der Waals surface area contributed by atoms with Gasteiger partial charge < -0.3 is 10.1 Å². The van der Waals surface area contributed by atoms with Gasteiger partial charge in [0, 0.05) is 12.2 Å². The van der Waals surface area contributed by atoms with Gasteiger partial charge in [0.1, 0.15) is 4.21 Å². The van der Waals surface area contributed by atoms with Crippen molar-refractivity contribution in [1.29, 1.82) is 0 Å². The van der Waals surface area contributed by atoms with E-state index in [0.29, 0.717) is 6.42 Å². The molecule has 1 aliphatic heterocycles. The van der Waals surface area contributed by atoms with E-state index in [0.717, 1.165) is 52.1 Å². The number of nitrogens with one attached hydrogen (secondary N) is 1. The van der Waals surface area contributed by atoms with Gasteiger partial charge in [0.2, 0.25) is 0 Å². The second-order valence-electron chi connectivity index (χ2n) is 8.58. The van der Waals surface area contributed by atoms with Crippen LogP contribution in [0, 0.1) is 0 Å². The Labute approximate surface area is 216 Å². The van der Waals surface area contributed by atoms with Crippen LogP contribution in [0.2, 0.25) is 0 Å². The fraction of sp³-hybridized carbons (Fsp3) is 0.333. The predicted octanol–water partition coefficient (Wildman–Crippen LogP) is 4.73. The summed E-state index contributed by atoms with van der Waals surface area (Å²) in [4.78, 5) is 25.5. The number of nitrogens with zero attached hydrogens (tertiary/aromatic N) is 1. The summed E-state index contributed by atoms with van der Waals surface area (Å²) in [6.45, 7) is 3.86. The lowest BCUT2D eigenvalue weighted by Crippen LogP contribution is -2.41. The Hall–Kier alpha value is -3.01. The monoisotopic (exact) mass is 526 g/mol. The second-order valence-corrected chi connectivity index (χ2v) is 11.6. The maximum absolute atomic E-state index is 13.4. The topological polar surface area (TPSA) is 92.8 Å². The van der Waals surface area contributed by atoms with Gasteiger partial charge in [-0.25, -0.2) is 8.42 Å². The molecule has 190 valence electrons. The maximum Gasteiger partial charge on any atom is 0.308 e. The minimum Gasteiger partial charge on any atom is -0.456 e. The summed E-state index contributed by atoms with van der Waals surface area (Å²) in [5.41, 5.74) is 4.59. The number of sulfonamides is 1. The van der Waals surface area contributed by atoms with Crippen molar-refractivity contribution >= 4 is 38.9 Å². The van der Waals surface area contributed by atoms with Gasteiger partial charge in [-0.05, 0) is 53.0 Å². The van der Waals surface area contributed by atoms with Crippen molar-refractivity contribution in [3.63, 3.8) is 0 Å². The third-order valence-electron chi connectivity index (χ3n) is 6.41. The third-order valence-corrected chi connectivity index (χ3v) is 9.69. The Bertz CT molecular complexity index is 1310. The van der Waals surface area contributed by atoms with E-state index < -0.39 is 34.5 Å². The number of benzene rings is 2. The fourth-order valence-electron chi connectivity index (χ4n) is 4.60. The van der Waals surface area contributed by atoms with Gasteiger partial charge in [0.05, 0.1) is 12.5 Å². The number of fused-ring (bicyclic) bond motifs is 1. The summed E-state index contributed by atoms with van der Waals surface area (Å²) in [6, 6.07) is 16.0. The normalized spacial score (nSPS) is 15.8. The van der Waals surface area contributed by atoms with Crippen LogP contribution in [0.4, 0.5) is 5.69 Å². The molecule has 9 heteroatoms. The van der Waals surface area contributed by atoms with E-state index in [1.165, 1.54) is 4.31 Å². The molecule has 3 aromatic rings. The van der Waals surface area contributed by atoms with Gasteiger partial charge in [-0.1, -0.05) is 62.4 Å². The highest BCUT2D eigenvalue weighted by Gasteiger charge is 2.38. The first-order valence-electron chi connectivity index (χ1n) is 12.0. The molecule has 7 nitrogen and oxygen atoms in total. The van der Waals surface area contributed by atoms with Crippen LogP contribution in [0.25, 0.3) is 0 Å². The molecule has 4 rings (SSSR count). The van der Waals surface area contributed by atoms with Crippen LogP contribution < -0.4 is 5.32 Å². The Morgan fingerprint density at radius 3 is 2.42 bits per heavy atom. The zero-order valence-electron chi connectivity index (χ0n) is 20.4. The molecule has 0 saturated carbocycles. The van der Waals surface area contributed by atoms with Gasteiger partial charge in [-0.15, -0.1) is 11.3 Å². The number of ether oxygens (including phenoxy) is 1. The molecular weight excluding hydrogens is 496 g/mol. The molecule has 0 bridgehead atoms. The molecule has 1 unspecified atom stereocenters. The summed E-state index contributed by atoms with van der Waals surface area (Å²) in [7, 11) is -3.78. The first kappa shape index (κ1) is 26.1. The van der Waals surface area contributed by atoms with Gasteiger partial charge >= 0.3 is 5.97 Å². The van der Waals surface area contributed by atoms with Crippen LogP contribution in [-0.2, 0) is 43.6 Å². The summed E-state index contributed by atoms with van der Waals surface area (Å²) < 4.78 is 33.7. The van der Waals surface area contributed by atoms with E-state index in [1.54, 1.807) is 17.5 Å². The molecule has 0 fully saturated rings. The average molecular weight is 527 g/mol. The summed E-state index contributed by atoms with van der Waals surface area (Å²) in [6.07, 6.45) is 1.91. The van der Waals surface area contributed by atoms with E-state index in [4.69, 9.17) is 4.74 Å². The number of hydrogen-bond donors (Lipinski definition) is 1. The molecule has 36 heavy (non-hydrogen) atoms. The highest BCUT2D eigenvalue weighted by molar-refractivity contribution is 7.91. The van der Waals surface area contributed by atoms with Gasteiger partial charge in [0.25, 0.3) is 15.9 Å². The van der Waals surface area contributed by atoms with Crippen molar-refractivity contribution in [1.82, 2.24) is 4.31 Å². The van der Waals surface area contributed by atoms with Crippen LogP contribution >= 0.6 is 11.3 Å². The Morgan fingerprint density at radius 2 is 1.75 bits per heavy atom. The molecule has 1 aliphatic rings. The molecule has 0 spiro atoms. The van der Waals surface area contributed by atoms with Crippen molar-refractivity contribution in [2.75, 3.05) is 18.5 Å². The van der Waals surface area contributed by atoms with Crippen molar-refractivity contribution < 1.29 is 22.7 Å². The second kappa shape index (κ2) is 11.4. The van der Waals surface area contributed by atoms with Crippen LogP contribution in [0.15, 0.2) is 64.2 Å². The minimum atomic E-state index is -3.78. The van der Waals surface area contributed by atoms with E-state index >= 15 is 0 Å². The number of aryl methyl sites for hydroxylation is 2. The summed E-state index contributed by atoms with van der Waals surface area (Å²) in [5.74, 6) is -1.05. The van der Waals surface area contributed by atoms with E-state index in [-0.39, 0.29) is 17.2 Å². The molecule has 2 aromatic carbocycles. The van der Waals surface area contributed by atoms with Crippen molar-refractivity contribution in [2.24, 2.45) is 0 Å². The number of thiophene rings is 1. The SMILES string of the molecule is CCc1cccc(CC)c1NC(=O)COC(=O)CC1c2ccccc2CCN1S(=O)(=O)c1cccs1. The predicted molar refractivity (Wildman–Crippen MR) is 141 cm³/mol. The number of rotatable bonds is 9. The van der Waals surface area contributed by atoms with Gasteiger partial charge in [0.15, 0.2) is 6.61 Å². The molecule has 1 amide bonds. The van der Waals surface area contributed by atoms with Gasteiger partial charge in [-0.3, -0.25) is 9.59 Å². The standard InChI is InChI=1S/C27H30N2O5S2/c1-3-19-10-7-11-20(4-2)27(19)28-24(30)18-34-25(31)17-23-22-12-6-5-9-21(22)14-15-29(23)36(32,33)26-13-8-16-35-26/h5-13,16,23H,3-4,14-15,17-18H2,1-2H3,(H,28,30). The van der Waals surface area contributed by atoms with Crippen molar-refractivity contribution in [3.8, 4) is 0 Å². The van der Waals surface area contributed by atoms with Crippen molar-refractivity contribution in [2.45, 2.75) is 49.8 Å². The van der Waals surface area contributed by atoms with E-state index in [1.807, 2.05) is 56.3 Å². The zero-order chi connectivity index (χ0) is 25.7. The average Bonchev–Trinajstić information content (AvgIpc) is 3.44. The van der Waals surface area contributed by atoms with Crippen molar-refractivity contribution in [3.05, 3.63) is 82.2 Å². The van der Waals surface area contributed by atoms with Crippen LogP contribution in [0.5, 0.6) is 0 Å². The van der Waals surface area contributed by atoms with E-state index in [2.05, 4.69) is 5.32 Å². The summed E-state index contributed by atoms with van der Waals surface area (Å²) in [5, 5.41) is 4.60. The van der Waals surface area contributed by atoms with Gasteiger partial charge in [-0.2, -0.15) is 4.31 Å². The number of hydrogen-bond acceptors (Lipinski definition) is 6.